The molecule has 0 aliphatic carbocycles. The van der Waals surface area contributed by atoms with Crippen LogP contribution in [0.3, 0.4) is 0 Å². The van der Waals surface area contributed by atoms with Gasteiger partial charge in [-0.1, -0.05) is 6.58 Å². The van der Waals surface area contributed by atoms with Crippen molar-refractivity contribution >= 4 is 17.7 Å². The quantitative estimate of drug-likeness (QED) is 0.639. The van der Waals surface area contributed by atoms with Gasteiger partial charge in [-0.3, -0.25) is 4.79 Å². The molecule has 0 saturated heterocycles. The van der Waals surface area contributed by atoms with E-state index in [9.17, 15) is 9.70 Å². The number of carbonyl (C=O) groups excluding carboxylic acids is 1. The molecule has 1 amide bonds. The molecule has 0 aliphatic rings. The van der Waals surface area contributed by atoms with Crippen LogP contribution in [0.15, 0.2) is 17.2 Å². The maximum atomic E-state index is 11.6. The first-order valence-electron chi connectivity index (χ1n) is 3.79. The third-order valence-corrected chi connectivity index (χ3v) is 2.44. The van der Waals surface area contributed by atoms with Crippen molar-refractivity contribution in [1.82, 2.24) is 4.90 Å². The molecule has 0 saturated carbocycles. The predicted octanol–water partition coefficient (Wildman–Crippen LogP) is 1.82. The summed E-state index contributed by atoms with van der Waals surface area (Å²) in [6, 6.07) is 0. The Morgan fingerprint density at radius 3 is 2.62 bits per heavy atom. The van der Waals surface area contributed by atoms with Crippen LogP contribution in [0.4, 0.5) is 0 Å². The smallest absolute Gasteiger partial charge is 0.239 e. The van der Waals surface area contributed by atoms with E-state index in [4.69, 9.17) is 0 Å². The number of amides is 1. The highest BCUT2D eigenvalue weighted by Crippen LogP contribution is 2.26. The molecule has 0 aliphatic heterocycles. The lowest BCUT2D eigenvalue weighted by Crippen LogP contribution is -2.40. The molecule has 0 unspecified atom stereocenters. The van der Waals surface area contributed by atoms with Gasteiger partial charge in [0.05, 0.1) is 4.75 Å². The molecule has 0 bridgehead atoms. The maximum Gasteiger partial charge on any atom is 0.239 e. The van der Waals surface area contributed by atoms with Crippen molar-refractivity contribution in [3.8, 4) is 0 Å². The van der Waals surface area contributed by atoms with Crippen molar-refractivity contribution in [2.75, 3.05) is 13.7 Å². The van der Waals surface area contributed by atoms with E-state index in [2.05, 4.69) is 11.8 Å². The predicted molar refractivity (Wildman–Crippen MR) is 55.3 cm³/mol. The zero-order valence-electron chi connectivity index (χ0n) is 8.11. The summed E-state index contributed by atoms with van der Waals surface area (Å²) < 4.78 is -0.582. The minimum atomic E-state index is -0.582. The molecule has 0 N–H and O–H groups in total. The molecule has 0 aromatic rings. The third-order valence-electron chi connectivity index (χ3n) is 1.51. The zero-order valence-corrected chi connectivity index (χ0v) is 8.93. The molecule has 74 valence electrons. The summed E-state index contributed by atoms with van der Waals surface area (Å²) in [6.45, 7) is 6.99. The first-order valence-corrected chi connectivity index (χ1v) is 4.67. The molecule has 0 atom stereocenters. The van der Waals surface area contributed by atoms with E-state index in [1.165, 1.54) is 16.7 Å². The Morgan fingerprint density at radius 2 is 2.23 bits per heavy atom. The number of carbonyl (C=O) groups is 1. The van der Waals surface area contributed by atoms with Gasteiger partial charge in [-0.05, 0) is 24.4 Å². The average Bonchev–Trinajstić information content (AvgIpc) is 2.03. The summed E-state index contributed by atoms with van der Waals surface area (Å²) in [6.07, 6.45) is 0. The number of nitroso groups, excluding NO2 is 1. The van der Waals surface area contributed by atoms with Gasteiger partial charge in [0.25, 0.3) is 0 Å². The Kier molecular flexibility index (Phi) is 4.69. The highest BCUT2D eigenvalue weighted by molar-refractivity contribution is 8.04. The van der Waals surface area contributed by atoms with Crippen LogP contribution >= 0.6 is 11.8 Å². The van der Waals surface area contributed by atoms with Crippen molar-refractivity contribution in [2.24, 2.45) is 5.18 Å². The molecule has 5 heteroatoms. The van der Waals surface area contributed by atoms with Crippen LogP contribution in [0, 0.1) is 4.91 Å². The Bertz CT molecular complexity index is 216. The summed E-state index contributed by atoms with van der Waals surface area (Å²) in [4.78, 5) is 22.8. The van der Waals surface area contributed by atoms with Crippen LogP contribution in [0.1, 0.15) is 13.8 Å². The Balaban J connectivity index is 4.37. The van der Waals surface area contributed by atoms with E-state index in [0.29, 0.717) is 0 Å². The van der Waals surface area contributed by atoms with Crippen LogP contribution < -0.4 is 0 Å². The SMILES string of the molecule is C=CSC(C)(C)C(=O)N(C)CN=O. The van der Waals surface area contributed by atoms with Crippen molar-refractivity contribution in [2.45, 2.75) is 18.6 Å². The topological polar surface area (TPSA) is 49.7 Å². The van der Waals surface area contributed by atoms with E-state index in [-0.39, 0.29) is 12.6 Å². The van der Waals surface area contributed by atoms with Crippen molar-refractivity contribution in [1.29, 1.82) is 0 Å². The molecule has 0 radical (unpaired) electrons. The van der Waals surface area contributed by atoms with Crippen LogP contribution in [-0.4, -0.2) is 29.3 Å². The van der Waals surface area contributed by atoms with Crippen LogP contribution in [0.2, 0.25) is 0 Å². The molecule has 0 aromatic heterocycles. The van der Waals surface area contributed by atoms with E-state index in [1.54, 1.807) is 26.3 Å². The summed E-state index contributed by atoms with van der Waals surface area (Å²) in [7, 11) is 1.55. The number of hydrogen-bond acceptors (Lipinski definition) is 4. The molecule has 0 heterocycles. The Labute approximate surface area is 82.3 Å². The van der Waals surface area contributed by atoms with E-state index in [1.807, 2.05) is 0 Å². The highest BCUT2D eigenvalue weighted by Gasteiger charge is 2.29. The van der Waals surface area contributed by atoms with Crippen molar-refractivity contribution < 1.29 is 4.79 Å². The van der Waals surface area contributed by atoms with Gasteiger partial charge >= 0.3 is 0 Å². The van der Waals surface area contributed by atoms with Crippen LogP contribution in [0.5, 0.6) is 0 Å². The summed E-state index contributed by atoms with van der Waals surface area (Å²) in [5.74, 6) is -0.128. The molecule has 13 heavy (non-hydrogen) atoms. The zero-order chi connectivity index (χ0) is 10.5. The second kappa shape index (κ2) is 5.01. The standard InChI is InChI=1S/C8H14N2O2S/c1-5-13-8(2,3)7(11)10(4)6-9-12/h5H,1,6H2,2-4H3. The van der Waals surface area contributed by atoms with Crippen molar-refractivity contribution in [3.05, 3.63) is 16.9 Å². The Morgan fingerprint density at radius 1 is 1.69 bits per heavy atom. The molecular weight excluding hydrogens is 188 g/mol. The van der Waals surface area contributed by atoms with Crippen LogP contribution in [-0.2, 0) is 4.79 Å². The maximum absolute atomic E-state index is 11.6. The largest absolute Gasteiger partial charge is 0.322 e. The van der Waals surface area contributed by atoms with Gasteiger partial charge in [-0.2, -0.15) is 0 Å². The number of hydrogen-bond donors (Lipinski definition) is 0. The summed E-state index contributed by atoms with van der Waals surface area (Å²) in [5, 5.41) is 4.26. The highest BCUT2D eigenvalue weighted by atomic mass is 32.2. The number of thioether (sulfide) groups is 1. The molecule has 4 nitrogen and oxygen atoms in total. The molecule has 0 fully saturated rings. The number of nitrogens with zero attached hydrogens (tertiary/aromatic N) is 2. The van der Waals surface area contributed by atoms with Gasteiger partial charge in [-0.25, -0.2) is 0 Å². The van der Waals surface area contributed by atoms with Gasteiger partial charge in [-0.15, -0.1) is 16.7 Å². The third kappa shape index (κ3) is 3.59. The van der Waals surface area contributed by atoms with Crippen molar-refractivity contribution in [3.63, 3.8) is 0 Å². The van der Waals surface area contributed by atoms with Gasteiger partial charge in [0, 0.05) is 7.05 Å². The lowest BCUT2D eigenvalue weighted by atomic mass is 10.2. The molecule has 0 spiro atoms. The van der Waals surface area contributed by atoms with E-state index < -0.39 is 4.75 Å². The van der Waals surface area contributed by atoms with Crippen LogP contribution in [0.25, 0.3) is 0 Å². The lowest BCUT2D eigenvalue weighted by Gasteiger charge is -2.25. The first-order chi connectivity index (χ1) is 5.95. The fraction of sp³-hybridized carbons (Fsp3) is 0.625. The molecular formula is C8H14N2O2S. The summed E-state index contributed by atoms with van der Waals surface area (Å²) in [5.41, 5.74) is 0. The Hall–Kier alpha value is -0.840. The van der Waals surface area contributed by atoms with Gasteiger partial charge in [0.1, 0.15) is 0 Å². The summed E-state index contributed by atoms with van der Waals surface area (Å²) >= 11 is 1.32. The fourth-order valence-corrected chi connectivity index (χ4v) is 1.54. The molecule has 0 rings (SSSR count). The lowest BCUT2D eigenvalue weighted by molar-refractivity contribution is -0.131. The second-order valence-electron chi connectivity index (χ2n) is 3.07. The average molecular weight is 202 g/mol. The monoisotopic (exact) mass is 202 g/mol. The molecule has 0 aromatic carbocycles. The number of rotatable bonds is 5. The fourth-order valence-electron chi connectivity index (χ4n) is 0.869. The van der Waals surface area contributed by atoms with Gasteiger partial charge < -0.3 is 4.90 Å². The first kappa shape index (κ1) is 12.2. The van der Waals surface area contributed by atoms with Gasteiger partial charge in [0.2, 0.25) is 5.91 Å². The minimum Gasteiger partial charge on any atom is -0.322 e. The minimum absolute atomic E-state index is 0.111. The van der Waals surface area contributed by atoms with Gasteiger partial charge in [0.15, 0.2) is 6.67 Å². The normalized spacial score (nSPS) is 10.7. The van der Waals surface area contributed by atoms with E-state index >= 15 is 0 Å². The second-order valence-corrected chi connectivity index (χ2v) is 4.66. The van der Waals surface area contributed by atoms with E-state index in [0.717, 1.165) is 0 Å².